The molecule has 42 heavy (non-hydrogen) atoms. The van der Waals surface area contributed by atoms with Gasteiger partial charge in [0.25, 0.3) is 5.91 Å². The van der Waals surface area contributed by atoms with Gasteiger partial charge in [0.05, 0.1) is 24.3 Å². The molecule has 10 heteroatoms. The van der Waals surface area contributed by atoms with Crippen LogP contribution in [0, 0.1) is 0 Å². The average molecular weight is 599 g/mol. The van der Waals surface area contributed by atoms with Gasteiger partial charge in [0, 0.05) is 18.7 Å². The maximum Gasteiger partial charge on any atom is 0.287 e. The molecule has 0 aromatic heterocycles. The summed E-state index contributed by atoms with van der Waals surface area (Å²) in [5, 5.41) is 6.01. The number of carbonyl (C=O) groups excluding carboxylic acids is 3. The molecule has 0 saturated heterocycles. The first-order valence-corrected chi connectivity index (χ1v) is 14.4. The Balaban J connectivity index is 0.00000484. The lowest BCUT2D eigenvalue weighted by Crippen LogP contribution is -2.58. The van der Waals surface area contributed by atoms with E-state index in [2.05, 4.69) is 10.6 Å². The van der Waals surface area contributed by atoms with Crippen molar-refractivity contribution in [3.05, 3.63) is 77.6 Å². The van der Waals surface area contributed by atoms with Crippen molar-refractivity contribution in [1.29, 1.82) is 0 Å². The highest BCUT2D eigenvalue weighted by Crippen LogP contribution is 2.40. The van der Waals surface area contributed by atoms with Crippen molar-refractivity contribution in [1.82, 2.24) is 15.5 Å². The first-order chi connectivity index (χ1) is 19.6. The molecule has 2 aliphatic rings. The van der Waals surface area contributed by atoms with Crippen LogP contribution >= 0.6 is 12.4 Å². The number of para-hydroxylation sites is 1. The SMILES string of the molecule is CCN(CC1=C(Oc2ccccc2)C(=O)NC12CCCCC2)C(=O)[C@@H](COCc1ccccc1)NC(=O)C(C)(C)N.Cl. The van der Waals surface area contributed by atoms with Crippen molar-refractivity contribution in [2.75, 3.05) is 19.7 Å². The number of rotatable bonds is 12. The van der Waals surface area contributed by atoms with Crippen LogP contribution in [0.15, 0.2) is 72.0 Å². The highest BCUT2D eigenvalue weighted by molar-refractivity contribution is 5.98. The van der Waals surface area contributed by atoms with Crippen molar-refractivity contribution >= 4 is 30.1 Å². The molecule has 2 aromatic rings. The summed E-state index contributed by atoms with van der Waals surface area (Å²) in [7, 11) is 0. The molecule has 4 rings (SSSR count). The normalized spacial score (nSPS) is 16.8. The number of ether oxygens (including phenoxy) is 2. The Morgan fingerprint density at radius 1 is 1.05 bits per heavy atom. The number of nitrogens with one attached hydrogen (secondary N) is 2. The average Bonchev–Trinajstić information content (AvgIpc) is 3.20. The van der Waals surface area contributed by atoms with Crippen molar-refractivity contribution in [2.45, 2.75) is 76.6 Å². The van der Waals surface area contributed by atoms with Crippen LogP contribution < -0.4 is 21.1 Å². The smallest absolute Gasteiger partial charge is 0.287 e. The molecule has 1 aliphatic carbocycles. The lowest BCUT2D eigenvalue weighted by Gasteiger charge is -2.38. The fourth-order valence-electron chi connectivity index (χ4n) is 5.37. The molecule has 1 fully saturated rings. The number of amides is 3. The van der Waals surface area contributed by atoms with Crippen LogP contribution in [0.1, 0.15) is 58.4 Å². The van der Waals surface area contributed by atoms with Crippen LogP contribution in [0.3, 0.4) is 0 Å². The first kappa shape index (κ1) is 33.1. The molecule has 2 aromatic carbocycles. The Labute approximate surface area is 254 Å². The van der Waals surface area contributed by atoms with E-state index in [1.54, 1.807) is 30.9 Å². The highest BCUT2D eigenvalue weighted by Gasteiger charge is 2.47. The number of nitrogens with zero attached hydrogens (tertiary/aromatic N) is 1. The van der Waals surface area contributed by atoms with E-state index in [0.29, 0.717) is 18.9 Å². The molecule has 1 saturated carbocycles. The summed E-state index contributed by atoms with van der Waals surface area (Å²) in [6.45, 7) is 5.88. The zero-order valence-electron chi connectivity index (χ0n) is 24.7. The van der Waals surface area contributed by atoms with Crippen molar-refractivity contribution < 1.29 is 23.9 Å². The summed E-state index contributed by atoms with van der Waals surface area (Å²) < 4.78 is 12.1. The maximum atomic E-state index is 14.0. The van der Waals surface area contributed by atoms with E-state index < -0.39 is 23.0 Å². The molecule has 9 nitrogen and oxygen atoms in total. The van der Waals surface area contributed by atoms with Gasteiger partial charge in [-0.25, -0.2) is 0 Å². The molecular formula is C32H43ClN4O5. The Kier molecular flexibility index (Phi) is 11.6. The summed E-state index contributed by atoms with van der Waals surface area (Å²) in [6.07, 6.45) is 4.60. The molecule has 4 N–H and O–H groups in total. The second-order valence-electron chi connectivity index (χ2n) is 11.4. The first-order valence-electron chi connectivity index (χ1n) is 14.4. The van der Waals surface area contributed by atoms with Crippen LogP contribution in [-0.4, -0.2) is 59.4 Å². The minimum absolute atomic E-state index is 0. The van der Waals surface area contributed by atoms with Crippen LogP contribution in [-0.2, 0) is 25.7 Å². The van der Waals surface area contributed by atoms with E-state index in [4.69, 9.17) is 15.2 Å². The summed E-state index contributed by atoms with van der Waals surface area (Å²) in [4.78, 5) is 41.8. The lowest BCUT2D eigenvalue weighted by molar-refractivity contribution is -0.139. The van der Waals surface area contributed by atoms with Gasteiger partial charge in [-0.3, -0.25) is 14.4 Å². The summed E-state index contributed by atoms with van der Waals surface area (Å²) >= 11 is 0. The molecule has 1 spiro atoms. The second-order valence-corrected chi connectivity index (χ2v) is 11.4. The highest BCUT2D eigenvalue weighted by atomic mass is 35.5. The third-order valence-corrected chi connectivity index (χ3v) is 7.71. The molecule has 3 amide bonds. The third-order valence-electron chi connectivity index (χ3n) is 7.71. The van der Waals surface area contributed by atoms with E-state index in [9.17, 15) is 14.4 Å². The monoisotopic (exact) mass is 598 g/mol. The van der Waals surface area contributed by atoms with Crippen molar-refractivity contribution in [2.24, 2.45) is 5.73 Å². The zero-order valence-corrected chi connectivity index (χ0v) is 25.5. The predicted molar refractivity (Wildman–Crippen MR) is 164 cm³/mol. The van der Waals surface area contributed by atoms with Gasteiger partial charge in [-0.2, -0.15) is 0 Å². The topological polar surface area (TPSA) is 123 Å². The number of likely N-dealkylation sites (N-methyl/N-ethyl adjacent to an activating group) is 1. The van der Waals surface area contributed by atoms with Crippen LogP contribution in [0.4, 0.5) is 0 Å². The summed E-state index contributed by atoms with van der Waals surface area (Å²) in [5.74, 6) is -0.232. The van der Waals surface area contributed by atoms with Gasteiger partial charge in [-0.15, -0.1) is 12.4 Å². The fraction of sp³-hybridized carbons (Fsp3) is 0.469. The number of carbonyl (C=O) groups is 3. The van der Waals surface area contributed by atoms with Gasteiger partial charge in [-0.05, 0) is 51.3 Å². The quantitative estimate of drug-likeness (QED) is 0.341. The number of benzene rings is 2. The Hall–Kier alpha value is -3.40. The minimum atomic E-state index is -1.18. The predicted octanol–water partition coefficient (Wildman–Crippen LogP) is 3.86. The van der Waals surface area contributed by atoms with Crippen molar-refractivity contribution in [3.8, 4) is 5.75 Å². The molecule has 0 unspecified atom stereocenters. The Morgan fingerprint density at radius 2 is 1.67 bits per heavy atom. The van der Waals surface area contributed by atoms with Crippen LogP contribution in [0.25, 0.3) is 0 Å². The van der Waals surface area contributed by atoms with E-state index >= 15 is 0 Å². The standard InChI is InChI=1S/C32H42N4O5.ClH/c1-4-36(29(38)26(34-30(39)31(2,3)33)22-40-21-23-14-8-5-9-15-23)20-25-27(41-24-16-10-6-11-17-24)28(37)35-32(25)18-12-7-13-19-32;/h5-6,8-11,14-17,26H,4,7,12-13,18-22,33H2,1-3H3,(H,34,39)(H,35,37);1H/t26-;/m1./s1. The second kappa shape index (κ2) is 14.7. The van der Waals surface area contributed by atoms with Gasteiger partial charge in [0.2, 0.25) is 11.8 Å². The van der Waals surface area contributed by atoms with Gasteiger partial charge in [0.1, 0.15) is 11.8 Å². The van der Waals surface area contributed by atoms with Gasteiger partial charge in [0.15, 0.2) is 5.76 Å². The Bertz CT molecular complexity index is 1240. The van der Waals surface area contributed by atoms with Crippen LogP contribution in [0.5, 0.6) is 5.75 Å². The maximum absolute atomic E-state index is 14.0. The lowest BCUT2D eigenvalue weighted by atomic mass is 9.77. The molecular weight excluding hydrogens is 556 g/mol. The van der Waals surface area contributed by atoms with E-state index in [1.165, 1.54) is 0 Å². The van der Waals surface area contributed by atoms with E-state index in [0.717, 1.165) is 43.2 Å². The summed E-state index contributed by atoms with van der Waals surface area (Å²) in [6, 6.07) is 17.9. The van der Waals surface area contributed by atoms with Gasteiger partial charge >= 0.3 is 0 Å². The number of halogens is 1. The number of hydrogen-bond acceptors (Lipinski definition) is 6. The number of nitrogens with two attached hydrogens (primary N) is 1. The molecule has 1 heterocycles. The van der Waals surface area contributed by atoms with Gasteiger partial charge < -0.3 is 30.7 Å². The molecule has 0 bridgehead atoms. The molecule has 1 aliphatic heterocycles. The Morgan fingerprint density at radius 3 is 2.26 bits per heavy atom. The van der Waals surface area contributed by atoms with E-state index in [-0.39, 0.29) is 43.1 Å². The molecule has 1 atom stereocenters. The zero-order chi connectivity index (χ0) is 29.5. The third kappa shape index (κ3) is 8.12. The van der Waals surface area contributed by atoms with Gasteiger partial charge in [-0.1, -0.05) is 67.8 Å². The summed E-state index contributed by atoms with van der Waals surface area (Å²) in [5.41, 5.74) is 6.03. The van der Waals surface area contributed by atoms with Crippen LogP contribution in [0.2, 0.25) is 0 Å². The van der Waals surface area contributed by atoms with E-state index in [1.807, 2.05) is 55.5 Å². The minimum Gasteiger partial charge on any atom is -0.451 e. The largest absolute Gasteiger partial charge is 0.451 e. The van der Waals surface area contributed by atoms with Crippen molar-refractivity contribution in [3.63, 3.8) is 0 Å². The number of hydrogen-bond donors (Lipinski definition) is 3. The fourth-order valence-corrected chi connectivity index (χ4v) is 5.37. The molecule has 228 valence electrons. The molecule has 0 radical (unpaired) electrons.